The van der Waals surface area contributed by atoms with Crippen molar-refractivity contribution in [1.82, 2.24) is 20.2 Å². The van der Waals surface area contributed by atoms with E-state index in [0.717, 1.165) is 33.6 Å². The fraction of sp³-hybridized carbons (Fsp3) is 0.190. The molecular formula is C21H20N6O2S2. The van der Waals surface area contributed by atoms with Gasteiger partial charge in [-0.15, -0.1) is 0 Å². The first-order valence-corrected chi connectivity index (χ1v) is 12.5. The number of anilines is 3. The largest absolute Gasteiger partial charge is 0.323 e. The van der Waals surface area contributed by atoms with E-state index < -0.39 is 10.0 Å². The van der Waals surface area contributed by atoms with Crippen molar-refractivity contribution in [2.45, 2.75) is 28.8 Å². The van der Waals surface area contributed by atoms with Crippen LogP contribution in [0.2, 0.25) is 0 Å². The molecule has 0 saturated heterocycles. The zero-order valence-electron chi connectivity index (χ0n) is 16.7. The number of sulfonamides is 1. The van der Waals surface area contributed by atoms with E-state index in [9.17, 15) is 8.42 Å². The topological polar surface area (TPSA) is 113 Å². The van der Waals surface area contributed by atoms with Crippen molar-refractivity contribution in [2.24, 2.45) is 0 Å². The second-order valence-corrected chi connectivity index (χ2v) is 10.3. The summed E-state index contributed by atoms with van der Waals surface area (Å²) < 4.78 is 25.2. The number of aromatic nitrogens is 4. The number of benzene rings is 2. The quantitative estimate of drug-likeness (QED) is 0.354. The molecule has 10 heteroatoms. The van der Waals surface area contributed by atoms with E-state index in [1.807, 2.05) is 42.5 Å². The van der Waals surface area contributed by atoms with Gasteiger partial charge in [-0.1, -0.05) is 12.1 Å². The third-order valence-corrected chi connectivity index (χ3v) is 6.29. The third kappa shape index (κ3) is 4.80. The lowest BCUT2D eigenvalue weighted by atomic mass is 10.2. The van der Waals surface area contributed by atoms with Gasteiger partial charge in [-0.3, -0.25) is 9.82 Å². The number of fused-ring (bicyclic) bond motifs is 1. The van der Waals surface area contributed by atoms with Crippen LogP contribution in [0, 0.1) is 0 Å². The van der Waals surface area contributed by atoms with Gasteiger partial charge >= 0.3 is 0 Å². The van der Waals surface area contributed by atoms with Crippen LogP contribution in [-0.4, -0.2) is 34.8 Å². The maximum Gasteiger partial charge on any atom is 0.229 e. The standard InChI is InChI=1S/C21H20N6O2S2/c1-31(28,29)27-14-8-10-15(11-9-14)30-21-22-17-5-3-2-4-16(17)20(24-21)23-19-12-18(25-26-19)13-6-7-13/h2-5,8-13,27H,6-7H2,1H3,(H2,22,23,24,25,26). The van der Waals surface area contributed by atoms with Crippen LogP contribution in [0.3, 0.4) is 0 Å². The molecule has 0 aliphatic heterocycles. The van der Waals surface area contributed by atoms with Gasteiger partial charge in [-0.2, -0.15) is 5.10 Å². The Morgan fingerprint density at radius 3 is 2.58 bits per heavy atom. The Kier molecular flexibility index (Phi) is 5.03. The average Bonchev–Trinajstić information content (AvgIpc) is 3.48. The highest BCUT2D eigenvalue weighted by atomic mass is 32.2. The normalized spacial score (nSPS) is 14.0. The molecule has 0 radical (unpaired) electrons. The monoisotopic (exact) mass is 452 g/mol. The number of aromatic amines is 1. The maximum atomic E-state index is 11.4. The highest BCUT2D eigenvalue weighted by molar-refractivity contribution is 7.99. The van der Waals surface area contributed by atoms with E-state index in [0.29, 0.717) is 22.6 Å². The Hall–Kier alpha value is -3.11. The molecule has 4 aromatic rings. The van der Waals surface area contributed by atoms with Crippen molar-refractivity contribution in [1.29, 1.82) is 0 Å². The Balaban J connectivity index is 1.42. The Morgan fingerprint density at radius 1 is 1.06 bits per heavy atom. The van der Waals surface area contributed by atoms with Gasteiger partial charge in [-0.05, 0) is 61.0 Å². The molecular weight excluding hydrogens is 432 g/mol. The number of para-hydroxylation sites is 1. The summed E-state index contributed by atoms with van der Waals surface area (Å²) in [6.45, 7) is 0. The average molecular weight is 453 g/mol. The molecule has 0 atom stereocenters. The van der Waals surface area contributed by atoms with Crippen LogP contribution in [-0.2, 0) is 10.0 Å². The van der Waals surface area contributed by atoms with Crippen molar-refractivity contribution in [3.8, 4) is 0 Å². The van der Waals surface area contributed by atoms with Crippen LogP contribution in [0.5, 0.6) is 0 Å². The summed E-state index contributed by atoms with van der Waals surface area (Å²) in [6, 6.07) is 17.0. The summed E-state index contributed by atoms with van der Waals surface area (Å²) in [5, 5.41) is 12.3. The van der Waals surface area contributed by atoms with Gasteiger partial charge in [0.1, 0.15) is 5.82 Å². The third-order valence-electron chi connectivity index (χ3n) is 4.81. The molecule has 5 rings (SSSR count). The minimum Gasteiger partial charge on any atom is -0.323 e. The molecule has 0 bridgehead atoms. The molecule has 0 amide bonds. The molecule has 1 fully saturated rings. The van der Waals surface area contributed by atoms with E-state index >= 15 is 0 Å². The number of H-pyrrole nitrogens is 1. The van der Waals surface area contributed by atoms with E-state index in [1.54, 1.807) is 12.1 Å². The molecule has 1 aliphatic rings. The van der Waals surface area contributed by atoms with Gasteiger partial charge in [-0.25, -0.2) is 18.4 Å². The lowest BCUT2D eigenvalue weighted by molar-refractivity contribution is 0.607. The second-order valence-electron chi connectivity index (χ2n) is 7.48. The molecule has 31 heavy (non-hydrogen) atoms. The van der Waals surface area contributed by atoms with Crippen LogP contribution < -0.4 is 10.0 Å². The summed E-state index contributed by atoms with van der Waals surface area (Å²) in [4.78, 5) is 10.3. The van der Waals surface area contributed by atoms with Crippen LogP contribution >= 0.6 is 11.8 Å². The summed E-state index contributed by atoms with van der Waals surface area (Å²) in [7, 11) is -3.31. The van der Waals surface area contributed by atoms with Crippen LogP contribution in [0.15, 0.2) is 64.6 Å². The van der Waals surface area contributed by atoms with Gasteiger partial charge < -0.3 is 5.32 Å². The molecule has 2 aromatic heterocycles. The minimum atomic E-state index is -3.31. The first-order chi connectivity index (χ1) is 14.9. The fourth-order valence-electron chi connectivity index (χ4n) is 3.23. The SMILES string of the molecule is CS(=O)(=O)Nc1ccc(Sc2nc(Nc3cc(C4CC4)[nH]n3)c3ccccc3n2)cc1. The van der Waals surface area contributed by atoms with Gasteiger partial charge in [0, 0.05) is 33.6 Å². The zero-order valence-corrected chi connectivity index (χ0v) is 18.3. The molecule has 3 N–H and O–H groups in total. The Morgan fingerprint density at radius 2 is 1.84 bits per heavy atom. The number of nitrogens with one attached hydrogen (secondary N) is 3. The second kappa shape index (κ2) is 7.86. The van der Waals surface area contributed by atoms with Crippen molar-refractivity contribution < 1.29 is 8.42 Å². The fourth-order valence-corrected chi connectivity index (χ4v) is 4.56. The number of hydrogen-bond acceptors (Lipinski definition) is 7. The van der Waals surface area contributed by atoms with Crippen molar-refractivity contribution in [3.63, 3.8) is 0 Å². The summed E-state index contributed by atoms with van der Waals surface area (Å²) >= 11 is 1.41. The predicted molar refractivity (Wildman–Crippen MR) is 122 cm³/mol. The smallest absolute Gasteiger partial charge is 0.229 e. The molecule has 1 aliphatic carbocycles. The molecule has 2 aromatic carbocycles. The summed E-state index contributed by atoms with van der Waals surface area (Å²) in [5.74, 6) is 2.02. The highest BCUT2D eigenvalue weighted by Crippen LogP contribution is 2.40. The van der Waals surface area contributed by atoms with Crippen molar-refractivity contribution in [2.75, 3.05) is 16.3 Å². The van der Waals surface area contributed by atoms with Gasteiger partial charge in [0.05, 0.1) is 11.8 Å². The van der Waals surface area contributed by atoms with Crippen molar-refractivity contribution in [3.05, 3.63) is 60.3 Å². The lowest BCUT2D eigenvalue weighted by Crippen LogP contribution is -2.09. The molecule has 158 valence electrons. The van der Waals surface area contributed by atoms with Crippen molar-refractivity contribution >= 4 is 50.0 Å². The molecule has 8 nitrogen and oxygen atoms in total. The van der Waals surface area contributed by atoms with E-state index in [4.69, 9.17) is 4.98 Å². The highest BCUT2D eigenvalue weighted by Gasteiger charge is 2.25. The number of rotatable bonds is 7. The lowest BCUT2D eigenvalue weighted by Gasteiger charge is -2.09. The first kappa shape index (κ1) is 19.8. The number of hydrogen-bond donors (Lipinski definition) is 3. The Bertz CT molecular complexity index is 1350. The van der Waals surface area contributed by atoms with E-state index in [2.05, 4.69) is 25.2 Å². The zero-order chi connectivity index (χ0) is 21.4. The van der Waals surface area contributed by atoms with E-state index in [1.165, 1.54) is 24.6 Å². The number of nitrogens with zero attached hydrogens (tertiary/aromatic N) is 3. The predicted octanol–water partition coefficient (Wildman–Crippen LogP) is 4.50. The molecule has 0 spiro atoms. The first-order valence-electron chi connectivity index (χ1n) is 9.78. The minimum absolute atomic E-state index is 0.513. The van der Waals surface area contributed by atoms with E-state index in [-0.39, 0.29) is 0 Å². The van der Waals surface area contributed by atoms with Gasteiger partial charge in [0.15, 0.2) is 11.0 Å². The van der Waals surface area contributed by atoms with Gasteiger partial charge in [0.25, 0.3) is 0 Å². The van der Waals surface area contributed by atoms with Crippen LogP contribution in [0.4, 0.5) is 17.3 Å². The summed E-state index contributed by atoms with van der Waals surface area (Å²) in [6.07, 6.45) is 3.54. The Labute approximate surface area is 184 Å². The molecule has 0 unspecified atom stereocenters. The summed E-state index contributed by atoms with van der Waals surface area (Å²) in [5.41, 5.74) is 2.49. The molecule has 2 heterocycles. The van der Waals surface area contributed by atoms with Crippen LogP contribution in [0.1, 0.15) is 24.5 Å². The molecule has 1 saturated carbocycles. The maximum absolute atomic E-state index is 11.4. The van der Waals surface area contributed by atoms with Crippen LogP contribution in [0.25, 0.3) is 10.9 Å². The van der Waals surface area contributed by atoms with Gasteiger partial charge in [0.2, 0.25) is 10.0 Å².